The lowest BCUT2D eigenvalue weighted by atomic mass is 10.0. The van der Waals surface area contributed by atoms with Crippen molar-refractivity contribution >= 4 is 33.5 Å². The maximum Gasteiger partial charge on any atom is 0.262 e. The molecule has 0 saturated carbocycles. The fraction of sp³-hybridized carbons (Fsp3) is 0.273. The standard InChI is InChI=1S/C22H20N2O6S/c1-12-4-3-5-13(2)17(12)11-31(29,30)14-6-7-15-16(10-14)22(28)24(21(15)27)18-8-9-19(25)23-20(18)26/h3-7,10,18H,8-9,11H2,1-2H3,(H,23,25,26). The van der Waals surface area contributed by atoms with E-state index in [9.17, 15) is 27.6 Å². The van der Waals surface area contributed by atoms with Gasteiger partial charge in [-0.15, -0.1) is 0 Å². The molecule has 4 amide bonds. The van der Waals surface area contributed by atoms with E-state index in [0.29, 0.717) is 5.56 Å². The third-order valence-corrected chi connectivity index (χ3v) is 7.39. The number of nitrogens with zero attached hydrogens (tertiary/aromatic N) is 1. The molecule has 0 aromatic heterocycles. The predicted molar refractivity (Wildman–Crippen MR) is 110 cm³/mol. The van der Waals surface area contributed by atoms with Gasteiger partial charge in [0.1, 0.15) is 6.04 Å². The molecule has 1 unspecified atom stereocenters. The van der Waals surface area contributed by atoms with Crippen LogP contribution in [0.2, 0.25) is 0 Å². The van der Waals surface area contributed by atoms with Crippen LogP contribution in [0.4, 0.5) is 0 Å². The van der Waals surface area contributed by atoms with Gasteiger partial charge in [-0.05, 0) is 55.2 Å². The Morgan fingerprint density at radius 2 is 1.61 bits per heavy atom. The van der Waals surface area contributed by atoms with Crippen molar-refractivity contribution in [3.63, 3.8) is 0 Å². The van der Waals surface area contributed by atoms with E-state index in [1.54, 1.807) is 0 Å². The third-order valence-electron chi connectivity index (χ3n) is 5.75. The number of benzene rings is 2. The van der Waals surface area contributed by atoms with Gasteiger partial charge in [-0.1, -0.05) is 18.2 Å². The number of sulfone groups is 1. The first-order valence-electron chi connectivity index (χ1n) is 9.73. The van der Waals surface area contributed by atoms with Crippen molar-refractivity contribution in [3.8, 4) is 0 Å². The van der Waals surface area contributed by atoms with Crippen molar-refractivity contribution in [2.24, 2.45) is 0 Å². The Bertz CT molecular complexity index is 1240. The number of nitrogens with one attached hydrogen (secondary N) is 1. The molecule has 2 heterocycles. The number of fused-ring (bicyclic) bond motifs is 1. The molecule has 160 valence electrons. The zero-order valence-electron chi connectivity index (χ0n) is 17.0. The summed E-state index contributed by atoms with van der Waals surface area (Å²) in [7, 11) is -3.79. The largest absolute Gasteiger partial charge is 0.295 e. The highest BCUT2D eigenvalue weighted by atomic mass is 32.2. The molecule has 1 N–H and O–H groups in total. The van der Waals surface area contributed by atoms with Crippen molar-refractivity contribution < 1.29 is 27.6 Å². The molecule has 1 saturated heterocycles. The smallest absolute Gasteiger partial charge is 0.262 e. The van der Waals surface area contributed by atoms with E-state index in [2.05, 4.69) is 5.32 Å². The highest BCUT2D eigenvalue weighted by Crippen LogP contribution is 2.30. The summed E-state index contributed by atoms with van der Waals surface area (Å²) < 4.78 is 26.1. The molecule has 9 heteroatoms. The maximum absolute atomic E-state index is 13.1. The summed E-state index contributed by atoms with van der Waals surface area (Å²) in [6.45, 7) is 3.67. The van der Waals surface area contributed by atoms with Gasteiger partial charge in [-0.2, -0.15) is 0 Å². The Balaban J connectivity index is 1.67. The Hall–Kier alpha value is -3.33. The van der Waals surface area contributed by atoms with Crippen LogP contribution in [-0.2, 0) is 25.2 Å². The Labute approximate surface area is 179 Å². The number of hydrogen-bond donors (Lipinski definition) is 1. The van der Waals surface area contributed by atoms with E-state index in [0.717, 1.165) is 16.0 Å². The lowest BCUT2D eigenvalue weighted by Gasteiger charge is -2.27. The summed E-state index contributed by atoms with van der Waals surface area (Å²) in [5.74, 6) is -2.82. The summed E-state index contributed by atoms with van der Waals surface area (Å²) in [4.78, 5) is 50.0. The van der Waals surface area contributed by atoms with Crippen LogP contribution in [0.1, 0.15) is 50.2 Å². The van der Waals surface area contributed by atoms with Crippen LogP contribution in [0.15, 0.2) is 41.3 Å². The Morgan fingerprint density at radius 3 is 2.26 bits per heavy atom. The van der Waals surface area contributed by atoms with Crippen molar-refractivity contribution in [1.29, 1.82) is 0 Å². The monoisotopic (exact) mass is 440 g/mol. The second kappa shape index (κ2) is 7.42. The highest BCUT2D eigenvalue weighted by molar-refractivity contribution is 7.90. The van der Waals surface area contributed by atoms with Crippen molar-refractivity contribution in [1.82, 2.24) is 10.2 Å². The van der Waals surface area contributed by atoms with Crippen molar-refractivity contribution in [2.75, 3.05) is 0 Å². The van der Waals surface area contributed by atoms with Crippen LogP contribution in [-0.4, -0.2) is 43.0 Å². The van der Waals surface area contributed by atoms with Gasteiger partial charge in [0.05, 0.1) is 21.8 Å². The van der Waals surface area contributed by atoms with Gasteiger partial charge in [0.25, 0.3) is 11.8 Å². The van der Waals surface area contributed by atoms with Gasteiger partial charge in [-0.25, -0.2) is 8.42 Å². The van der Waals surface area contributed by atoms with Crippen LogP contribution in [0.5, 0.6) is 0 Å². The second-order valence-corrected chi connectivity index (χ2v) is 9.77. The van der Waals surface area contributed by atoms with Gasteiger partial charge < -0.3 is 0 Å². The van der Waals surface area contributed by atoms with Gasteiger partial charge >= 0.3 is 0 Å². The zero-order valence-corrected chi connectivity index (χ0v) is 17.8. The van der Waals surface area contributed by atoms with Gasteiger partial charge in [0.2, 0.25) is 11.8 Å². The molecule has 2 aliphatic rings. The Kier molecular flexibility index (Phi) is 5.01. The van der Waals surface area contributed by atoms with Crippen molar-refractivity contribution in [2.45, 2.75) is 43.4 Å². The van der Waals surface area contributed by atoms with E-state index in [4.69, 9.17) is 0 Å². The van der Waals surface area contributed by atoms with E-state index >= 15 is 0 Å². The summed E-state index contributed by atoms with van der Waals surface area (Å²) in [6, 6.07) is 8.23. The van der Waals surface area contributed by atoms with Crippen LogP contribution in [0.3, 0.4) is 0 Å². The first-order chi connectivity index (χ1) is 14.6. The number of carbonyl (C=O) groups is 4. The predicted octanol–water partition coefficient (Wildman–Crippen LogP) is 1.68. The number of piperidine rings is 1. The number of hydrogen-bond acceptors (Lipinski definition) is 6. The van der Waals surface area contributed by atoms with E-state index in [1.807, 2.05) is 32.0 Å². The molecule has 2 aromatic carbocycles. The number of carbonyl (C=O) groups excluding carboxylic acids is 4. The fourth-order valence-electron chi connectivity index (χ4n) is 3.99. The van der Waals surface area contributed by atoms with E-state index in [1.165, 1.54) is 18.2 Å². The number of aryl methyl sites for hydroxylation is 2. The molecule has 1 atom stereocenters. The highest BCUT2D eigenvalue weighted by Gasteiger charge is 2.45. The lowest BCUT2D eigenvalue weighted by molar-refractivity contribution is -0.136. The molecule has 8 nitrogen and oxygen atoms in total. The topological polar surface area (TPSA) is 118 Å². The number of imide groups is 2. The molecular formula is C22H20N2O6S. The maximum atomic E-state index is 13.1. The molecule has 4 rings (SSSR count). The first-order valence-corrected chi connectivity index (χ1v) is 11.4. The SMILES string of the molecule is Cc1cccc(C)c1CS(=O)(=O)c1ccc2c(c1)C(=O)N(C1CCC(=O)NC1=O)C2=O. The molecule has 0 aliphatic carbocycles. The Morgan fingerprint density at radius 1 is 0.968 bits per heavy atom. The number of rotatable bonds is 4. The molecule has 0 bridgehead atoms. The molecule has 0 radical (unpaired) electrons. The van der Waals surface area contributed by atoms with Crippen LogP contribution in [0, 0.1) is 13.8 Å². The summed E-state index contributed by atoms with van der Waals surface area (Å²) >= 11 is 0. The second-order valence-electron chi connectivity index (χ2n) is 7.78. The number of amides is 4. The molecule has 0 spiro atoms. The van der Waals surface area contributed by atoms with Gasteiger partial charge in [0.15, 0.2) is 9.84 Å². The average molecular weight is 440 g/mol. The lowest BCUT2D eigenvalue weighted by Crippen LogP contribution is -2.54. The minimum atomic E-state index is -3.79. The van der Waals surface area contributed by atoms with E-state index < -0.39 is 39.5 Å². The van der Waals surface area contributed by atoms with Crippen LogP contribution in [0.25, 0.3) is 0 Å². The molecular weight excluding hydrogens is 420 g/mol. The zero-order chi connectivity index (χ0) is 22.5. The summed E-state index contributed by atoms with van der Waals surface area (Å²) in [5.41, 5.74) is 2.37. The first kappa shape index (κ1) is 20.9. The van der Waals surface area contributed by atoms with E-state index in [-0.39, 0.29) is 34.6 Å². The normalized spacial score (nSPS) is 18.9. The molecule has 1 fully saturated rings. The van der Waals surface area contributed by atoms with Gasteiger partial charge in [-0.3, -0.25) is 29.4 Å². The van der Waals surface area contributed by atoms with Crippen LogP contribution < -0.4 is 5.32 Å². The van der Waals surface area contributed by atoms with Gasteiger partial charge in [0, 0.05) is 6.42 Å². The third kappa shape index (κ3) is 3.54. The van der Waals surface area contributed by atoms with Crippen LogP contribution >= 0.6 is 0 Å². The average Bonchev–Trinajstić information content (AvgIpc) is 2.95. The molecule has 31 heavy (non-hydrogen) atoms. The summed E-state index contributed by atoms with van der Waals surface area (Å²) in [5, 5.41) is 2.13. The van der Waals surface area contributed by atoms with Crippen molar-refractivity contribution in [3.05, 3.63) is 64.2 Å². The molecule has 2 aromatic rings. The minimum Gasteiger partial charge on any atom is -0.295 e. The minimum absolute atomic E-state index is 0.0131. The quantitative estimate of drug-likeness (QED) is 0.723. The molecule has 2 aliphatic heterocycles. The summed E-state index contributed by atoms with van der Waals surface area (Å²) in [6.07, 6.45) is 0.0487. The fourth-order valence-corrected chi connectivity index (χ4v) is 5.57.